The number of carbonyl (C=O) groups excluding carboxylic acids is 2. The second-order valence-corrected chi connectivity index (χ2v) is 11.5. The van der Waals surface area contributed by atoms with Crippen LogP contribution in [0.3, 0.4) is 0 Å². The smallest absolute Gasteiger partial charge is 0.324 e. The van der Waals surface area contributed by atoms with Crippen LogP contribution < -0.4 is 20.7 Å². The predicted molar refractivity (Wildman–Crippen MR) is 180 cm³/mol. The molecule has 236 valence electrons. The maximum atomic E-state index is 13.4. The fourth-order valence-electron chi connectivity index (χ4n) is 5.48. The van der Waals surface area contributed by atoms with Crippen molar-refractivity contribution >= 4 is 40.0 Å². The van der Waals surface area contributed by atoms with Gasteiger partial charge in [-0.2, -0.15) is 5.10 Å². The summed E-state index contributed by atoms with van der Waals surface area (Å²) in [5.41, 5.74) is 3.58. The van der Waals surface area contributed by atoms with E-state index in [9.17, 15) is 9.59 Å². The highest BCUT2D eigenvalue weighted by Crippen LogP contribution is 2.35. The fraction of sp³-hybridized carbons (Fsp3) is 0.278. The Hall–Kier alpha value is -5.22. The maximum Gasteiger partial charge on any atom is 0.324 e. The third kappa shape index (κ3) is 7.35. The largest absolute Gasteiger partial charge is 0.457 e. The molecular formula is C36H38N6O4. The van der Waals surface area contributed by atoms with Crippen molar-refractivity contribution in [3.8, 4) is 17.2 Å². The second kappa shape index (κ2) is 14.3. The van der Waals surface area contributed by atoms with E-state index in [2.05, 4.69) is 27.9 Å². The van der Waals surface area contributed by atoms with Crippen LogP contribution in [0.15, 0.2) is 85.1 Å². The number of carbonyl (C=O) groups is 2. The quantitative estimate of drug-likeness (QED) is 0.147. The van der Waals surface area contributed by atoms with Crippen molar-refractivity contribution in [3.63, 3.8) is 0 Å². The van der Waals surface area contributed by atoms with Gasteiger partial charge in [0.05, 0.1) is 17.1 Å². The van der Waals surface area contributed by atoms with Crippen LogP contribution in [-0.2, 0) is 16.0 Å². The lowest BCUT2D eigenvalue weighted by Gasteiger charge is -2.21. The Balaban J connectivity index is 1.19. The van der Waals surface area contributed by atoms with Crippen LogP contribution in [0.1, 0.15) is 43.9 Å². The number of nitrogens with one attached hydrogen (secondary N) is 3. The van der Waals surface area contributed by atoms with Crippen molar-refractivity contribution in [3.05, 3.63) is 96.3 Å². The zero-order chi connectivity index (χ0) is 31.9. The summed E-state index contributed by atoms with van der Waals surface area (Å²) in [6.45, 7) is 5.36. The summed E-state index contributed by atoms with van der Waals surface area (Å²) in [6.07, 6.45) is 5.91. The highest BCUT2D eigenvalue weighted by molar-refractivity contribution is 6.07. The average molecular weight is 619 g/mol. The van der Waals surface area contributed by atoms with Crippen molar-refractivity contribution in [2.75, 3.05) is 29.2 Å². The first-order chi connectivity index (χ1) is 22.5. The Morgan fingerprint density at radius 3 is 2.50 bits per heavy atom. The van der Waals surface area contributed by atoms with E-state index in [0.717, 1.165) is 47.0 Å². The average Bonchev–Trinajstić information content (AvgIpc) is 3.47. The summed E-state index contributed by atoms with van der Waals surface area (Å²) >= 11 is 0. The zero-order valence-corrected chi connectivity index (χ0v) is 26.1. The molecule has 3 amide bonds. The summed E-state index contributed by atoms with van der Waals surface area (Å²) in [5, 5.41) is 15.3. The maximum absolute atomic E-state index is 13.4. The molecule has 6 rings (SSSR count). The van der Waals surface area contributed by atoms with Crippen LogP contribution >= 0.6 is 0 Å². The number of ether oxygens (including phenoxy) is 2. The van der Waals surface area contributed by atoms with Gasteiger partial charge >= 0.3 is 6.03 Å². The lowest BCUT2D eigenvalue weighted by atomic mass is 9.99. The van der Waals surface area contributed by atoms with Crippen LogP contribution in [0.4, 0.5) is 22.1 Å². The minimum Gasteiger partial charge on any atom is -0.457 e. The number of benzene rings is 3. The van der Waals surface area contributed by atoms with E-state index >= 15 is 0 Å². The van der Waals surface area contributed by atoms with Gasteiger partial charge in [0.15, 0.2) is 0 Å². The summed E-state index contributed by atoms with van der Waals surface area (Å²) in [6, 6.07) is 24.4. The topological polar surface area (TPSA) is 119 Å². The van der Waals surface area contributed by atoms with E-state index in [0.29, 0.717) is 54.9 Å². The van der Waals surface area contributed by atoms with E-state index in [1.807, 2.05) is 73.7 Å². The summed E-state index contributed by atoms with van der Waals surface area (Å²) in [5.74, 6) is 2.00. The van der Waals surface area contributed by atoms with Crippen LogP contribution in [0, 0.1) is 12.8 Å². The van der Waals surface area contributed by atoms with Crippen molar-refractivity contribution in [2.45, 2.75) is 46.0 Å². The van der Waals surface area contributed by atoms with Crippen molar-refractivity contribution in [2.24, 2.45) is 5.92 Å². The molecule has 1 fully saturated rings. The molecule has 10 heteroatoms. The molecule has 1 saturated heterocycles. The number of hydrogen-bond acceptors (Lipinski definition) is 6. The highest BCUT2D eigenvalue weighted by Gasteiger charge is 2.22. The van der Waals surface area contributed by atoms with E-state index in [1.54, 1.807) is 23.0 Å². The zero-order valence-electron chi connectivity index (χ0n) is 26.1. The Kier molecular flexibility index (Phi) is 9.54. The normalized spacial score (nSPS) is 13.3. The second-order valence-electron chi connectivity index (χ2n) is 11.5. The standard InChI is InChI=1S/C36H38N6O4/c1-3-4-7-26-22-34(42(41-26)27-12-10-24(2)11-13-27)40-36(44)38-31-14-15-32(30-9-6-5-8-29(30)31)46-28-16-19-37-33(23-28)39-35(43)25-17-20-45-21-18-25/h5-6,8-16,19,22-23,25H,3-4,7,17-18,20-21H2,1-2H3,(H,37,39,43)(H2,38,40,44). The lowest BCUT2D eigenvalue weighted by Crippen LogP contribution is -2.28. The SMILES string of the molecule is CCCCc1cc(NC(=O)Nc2ccc(Oc3ccnc(NC(=O)C4CCOCC4)c3)c3ccccc23)n(-c2ccc(C)cc2)n1. The van der Waals surface area contributed by atoms with Crippen LogP contribution in [0.5, 0.6) is 11.5 Å². The lowest BCUT2D eigenvalue weighted by molar-refractivity contribution is -0.122. The minimum atomic E-state index is -0.381. The number of nitrogens with zero attached hydrogens (tertiary/aromatic N) is 3. The van der Waals surface area contributed by atoms with Gasteiger partial charge in [-0.15, -0.1) is 0 Å². The molecule has 46 heavy (non-hydrogen) atoms. The third-order valence-electron chi connectivity index (χ3n) is 8.00. The van der Waals surface area contributed by atoms with Gasteiger partial charge in [0.2, 0.25) is 5.91 Å². The number of aryl methyl sites for hydroxylation is 2. The summed E-state index contributed by atoms with van der Waals surface area (Å²) in [7, 11) is 0. The number of fused-ring (bicyclic) bond motifs is 1. The van der Waals surface area contributed by atoms with Gasteiger partial charge in [0.25, 0.3) is 0 Å². The molecule has 1 aliphatic rings. The number of aromatic nitrogens is 3. The molecule has 3 heterocycles. The predicted octanol–water partition coefficient (Wildman–Crippen LogP) is 7.87. The molecule has 0 aliphatic carbocycles. The first kappa shape index (κ1) is 30.8. The first-order valence-electron chi connectivity index (χ1n) is 15.7. The number of urea groups is 1. The number of pyridine rings is 1. The molecule has 3 aromatic carbocycles. The molecule has 0 bridgehead atoms. The van der Waals surface area contributed by atoms with Crippen LogP contribution in [0.25, 0.3) is 16.5 Å². The molecule has 0 unspecified atom stereocenters. The Morgan fingerprint density at radius 2 is 1.72 bits per heavy atom. The molecule has 10 nitrogen and oxygen atoms in total. The third-order valence-corrected chi connectivity index (χ3v) is 8.00. The minimum absolute atomic E-state index is 0.0637. The van der Waals surface area contributed by atoms with Crippen LogP contribution in [-0.4, -0.2) is 39.9 Å². The monoisotopic (exact) mass is 618 g/mol. The van der Waals surface area contributed by atoms with Gasteiger partial charge in [-0.3, -0.25) is 10.1 Å². The highest BCUT2D eigenvalue weighted by atomic mass is 16.5. The van der Waals surface area contributed by atoms with Crippen molar-refractivity contribution in [1.82, 2.24) is 14.8 Å². The first-order valence-corrected chi connectivity index (χ1v) is 15.7. The Labute approximate surface area is 268 Å². The molecule has 0 saturated carbocycles. The summed E-state index contributed by atoms with van der Waals surface area (Å²) in [4.78, 5) is 30.4. The Morgan fingerprint density at radius 1 is 0.935 bits per heavy atom. The number of anilines is 3. The van der Waals surface area contributed by atoms with E-state index in [1.165, 1.54) is 0 Å². The van der Waals surface area contributed by atoms with Gasteiger partial charge < -0.3 is 20.1 Å². The van der Waals surface area contributed by atoms with Crippen LogP contribution in [0.2, 0.25) is 0 Å². The van der Waals surface area contributed by atoms with Crippen molar-refractivity contribution in [1.29, 1.82) is 0 Å². The molecule has 1 aliphatic heterocycles. The van der Waals surface area contributed by atoms with E-state index in [-0.39, 0.29) is 17.9 Å². The Bertz CT molecular complexity index is 1830. The molecule has 0 atom stereocenters. The van der Waals surface area contributed by atoms with E-state index < -0.39 is 0 Å². The van der Waals surface area contributed by atoms with Gasteiger partial charge in [-0.05, 0) is 62.9 Å². The number of hydrogen-bond donors (Lipinski definition) is 3. The summed E-state index contributed by atoms with van der Waals surface area (Å²) < 4.78 is 13.4. The van der Waals surface area contributed by atoms with Gasteiger partial charge in [0, 0.05) is 48.2 Å². The van der Waals surface area contributed by atoms with Gasteiger partial charge in [0.1, 0.15) is 23.1 Å². The molecule has 3 N–H and O–H groups in total. The number of amides is 3. The number of rotatable bonds is 10. The van der Waals surface area contributed by atoms with E-state index in [4.69, 9.17) is 14.6 Å². The molecule has 5 aromatic rings. The fourth-order valence-corrected chi connectivity index (χ4v) is 5.48. The molecular weight excluding hydrogens is 580 g/mol. The molecule has 0 spiro atoms. The van der Waals surface area contributed by atoms with Gasteiger partial charge in [-0.1, -0.05) is 55.3 Å². The van der Waals surface area contributed by atoms with Gasteiger partial charge in [-0.25, -0.2) is 14.5 Å². The molecule has 2 aromatic heterocycles. The number of unbranched alkanes of at least 4 members (excludes halogenated alkanes) is 1. The van der Waals surface area contributed by atoms with Crippen molar-refractivity contribution < 1.29 is 19.1 Å². The molecule has 0 radical (unpaired) electrons.